The van der Waals surface area contributed by atoms with Crippen molar-refractivity contribution in [3.63, 3.8) is 0 Å². The second-order valence-corrected chi connectivity index (χ2v) is 5.87. The maximum atomic E-state index is 11.8. The van der Waals surface area contributed by atoms with E-state index >= 15 is 0 Å². The van der Waals surface area contributed by atoms with Gasteiger partial charge in [-0.3, -0.25) is 0 Å². The van der Waals surface area contributed by atoms with Gasteiger partial charge in [-0.05, 0) is 49.1 Å². The number of halogens is 1. The van der Waals surface area contributed by atoms with Crippen molar-refractivity contribution in [1.82, 2.24) is 0 Å². The number of ether oxygens (including phenoxy) is 1. The van der Waals surface area contributed by atoms with Gasteiger partial charge in [0.2, 0.25) is 0 Å². The molecule has 0 bridgehead atoms. The number of hydrogen-bond acceptors (Lipinski definition) is 3. The van der Waals surface area contributed by atoms with E-state index in [-0.39, 0.29) is 5.97 Å². The smallest absolute Gasteiger partial charge is 0.333 e. The van der Waals surface area contributed by atoms with Gasteiger partial charge in [-0.25, -0.2) is 4.79 Å². The Morgan fingerprint density at radius 1 is 1.45 bits per heavy atom. The van der Waals surface area contributed by atoms with E-state index in [1.54, 1.807) is 0 Å². The Kier molecular flexibility index (Phi) is 5.24. The lowest BCUT2D eigenvalue weighted by molar-refractivity contribution is -0.136. The molecule has 1 aromatic carbocycles. The van der Waals surface area contributed by atoms with E-state index in [1.165, 1.54) is 12.8 Å². The highest BCUT2D eigenvalue weighted by Crippen LogP contribution is 2.30. The van der Waals surface area contributed by atoms with Crippen LogP contribution in [0.3, 0.4) is 0 Å². The van der Waals surface area contributed by atoms with Gasteiger partial charge in [0.25, 0.3) is 0 Å². The van der Waals surface area contributed by atoms with Crippen molar-refractivity contribution in [1.29, 1.82) is 0 Å². The zero-order valence-electron chi connectivity index (χ0n) is 12.0. The molecule has 0 saturated heterocycles. The zero-order valence-corrected chi connectivity index (χ0v) is 13.6. The number of fused-ring (bicyclic) bond motifs is 1. The molecule has 0 aliphatic carbocycles. The number of hydrogen-bond donors (Lipinski definition) is 0. The van der Waals surface area contributed by atoms with Gasteiger partial charge in [-0.1, -0.05) is 22.9 Å². The number of nitrogens with zero attached hydrogens (tertiary/aromatic N) is 1. The zero-order chi connectivity index (χ0) is 14.5. The molecule has 1 heterocycles. The van der Waals surface area contributed by atoms with E-state index in [1.807, 2.05) is 6.08 Å². The monoisotopic (exact) mass is 337 g/mol. The summed E-state index contributed by atoms with van der Waals surface area (Å²) in [6, 6.07) is 6.23. The maximum Gasteiger partial charge on any atom is 0.333 e. The molecule has 0 spiro atoms. The first-order chi connectivity index (χ1) is 9.65. The molecule has 4 heteroatoms. The van der Waals surface area contributed by atoms with E-state index in [2.05, 4.69) is 46.0 Å². The second kappa shape index (κ2) is 6.93. The van der Waals surface area contributed by atoms with Crippen molar-refractivity contribution in [2.24, 2.45) is 0 Å². The fourth-order valence-electron chi connectivity index (χ4n) is 2.56. The minimum atomic E-state index is -0.222. The van der Waals surface area contributed by atoms with Crippen molar-refractivity contribution in [2.75, 3.05) is 25.1 Å². The van der Waals surface area contributed by atoms with E-state index in [4.69, 9.17) is 4.74 Å². The summed E-state index contributed by atoms with van der Waals surface area (Å²) in [4.78, 5) is 14.2. The average Bonchev–Trinajstić information content (AvgIpc) is 2.42. The first-order valence-electron chi connectivity index (χ1n) is 6.99. The molecule has 0 fully saturated rings. The van der Waals surface area contributed by atoms with Crippen LogP contribution in [0.15, 0.2) is 28.2 Å². The Morgan fingerprint density at radius 2 is 2.25 bits per heavy atom. The third-order valence-electron chi connectivity index (χ3n) is 3.48. The van der Waals surface area contributed by atoms with Crippen molar-refractivity contribution in [3.05, 3.63) is 33.8 Å². The van der Waals surface area contributed by atoms with Crippen molar-refractivity contribution >= 4 is 33.7 Å². The summed E-state index contributed by atoms with van der Waals surface area (Å²) in [6.45, 7) is 4.19. The molecule has 108 valence electrons. The molecule has 0 atom stereocenters. The van der Waals surface area contributed by atoms with Gasteiger partial charge in [-0.15, -0.1) is 0 Å². The minimum Gasteiger partial charge on any atom is -0.466 e. The Labute approximate surface area is 128 Å². The maximum absolute atomic E-state index is 11.8. The van der Waals surface area contributed by atoms with Crippen LogP contribution >= 0.6 is 15.9 Å². The predicted octanol–water partition coefficient (Wildman–Crippen LogP) is 4.02. The first kappa shape index (κ1) is 15.1. The number of carbonyl (C=O) groups excluding carboxylic acids is 1. The summed E-state index contributed by atoms with van der Waals surface area (Å²) in [5.41, 5.74) is 3.02. The van der Waals surface area contributed by atoms with E-state index in [0.717, 1.165) is 48.0 Å². The SMILES string of the molecule is CCCN1CCC/C(C(=O)OC)=C\c2cc(Br)ccc21. The molecule has 0 amide bonds. The van der Waals surface area contributed by atoms with Gasteiger partial charge in [0.1, 0.15) is 0 Å². The summed E-state index contributed by atoms with van der Waals surface area (Å²) in [6.07, 6.45) is 4.81. The van der Waals surface area contributed by atoms with E-state index in [0.29, 0.717) is 0 Å². The van der Waals surface area contributed by atoms with Crippen LogP contribution in [-0.2, 0) is 9.53 Å². The molecule has 0 N–H and O–H groups in total. The molecule has 0 aromatic heterocycles. The van der Waals surface area contributed by atoms with Crippen LogP contribution in [0.25, 0.3) is 6.08 Å². The Hall–Kier alpha value is -1.29. The fourth-order valence-corrected chi connectivity index (χ4v) is 2.94. The lowest BCUT2D eigenvalue weighted by atomic mass is 10.0. The molecule has 1 aliphatic rings. The summed E-state index contributed by atoms with van der Waals surface area (Å²) >= 11 is 3.50. The molecule has 0 radical (unpaired) electrons. The topological polar surface area (TPSA) is 29.5 Å². The number of carbonyl (C=O) groups is 1. The number of rotatable bonds is 3. The minimum absolute atomic E-state index is 0.222. The molecule has 0 unspecified atom stereocenters. The van der Waals surface area contributed by atoms with Crippen molar-refractivity contribution < 1.29 is 9.53 Å². The molecule has 0 saturated carbocycles. The van der Waals surface area contributed by atoms with Crippen LogP contribution in [0.1, 0.15) is 31.7 Å². The largest absolute Gasteiger partial charge is 0.466 e. The summed E-state index contributed by atoms with van der Waals surface area (Å²) in [5, 5.41) is 0. The third kappa shape index (κ3) is 3.42. The van der Waals surface area contributed by atoms with Gasteiger partial charge < -0.3 is 9.64 Å². The fraction of sp³-hybridized carbons (Fsp3) is 0.438. The third-order valence-corrected chi connectivity index (χ3v) is 3.97. The molecular formula is C16H20BrNO2. The highest BCUT2D eigenvalue weighted by Gasteiger charge is 2.17. The molecular weight excluding hydrogens is 318 g/mol. The standard InChI is InChI=1S/C16H20BrNO2/c1-3-8-18-9-4-5-12(16(19)20-2)10-13-11-14(17)6-7-15(13)18/h6-7,10-11H,3-5,8-9H2,1-2H3/b12-10+. The van der Waals surface area contributed by atoms with Crippen LogP contribution in [-0.4, -0.2) is 26.2 Å². The predicted molar refractivity (Wildman–Crippen MR) is 85.9 cm³/mol. The summed E-state index contributed by atoms with van der Waals surface area (Å²) < 4.78 is 5.90. The van der Waals surface area contributed by atoms with Crippen LogP contribution in [0.2, 0.25) is 0 Å². The number of anilines is 1. The number of esters is 1. The Bertz CT molecular complexity index is 525. The van der Waals surface area contributed by atoms with Crippen LogP contribution < -0.4 is 4.90 Å². The van der Waals surface area contributed by atoms with Crippen LogP contribution in [0, 0.1) is 0 Å². The molecule has 20 heavy (non-hydrogen) atoms. The average molecular weight is 338 g/mol. The van der Waals surface area contributed by atoms with Gasteiger partial charge in [0, 0.05) is 28.8 Å². The summed E-state index contributed by atoms with van der Waals surface area (Å²) in [5.74, 6) is -0.222. The normalized spacial score (nSPS) is 17.6. The second-order valence-electron chi connectivity index (χ2n) is 4.95. The Balaban J connectivity index is 2.46. The molecule has 3 nitrogen and oxygen atoms in total. The molecule has 1 aliphatic heterocycles. The lowest BCUT2D eigenvalue weighted by Crippen LogP contribution is -2.27. The van der Waals surface area contributed by atoms with Crippen LogP contribution in [0.4, 0.5) is 5.69 Å². The van der Waals surface area contributed by atoms with Gasteiger partial charge in [0.15, 0.2) is 0 Å². The lowest BCUT2D eigenvalue weighted by Gasteiger charge is -2.28. The highest BCUT2D eigenvalue weighted by molar-refractivity contribution is 9.10. The van der Waals surface area contributed by atoms with Gasteiger partial charge in [0.05, 0.1) is 7.11 Å². The Morgan fingerprint density at radius 3 is 2.95 bits per heavy atom. The quantitative estimate of drug-likeness (QED) is 0.780. The molecule has 1 aromatic rings. The van der Waals surface area contributed by atoms with Crippen LogP contribution in [0.5, 0.6) is 0 Å². The number of benzene rings is 1. The van der Waals surface area contributed by atoms with Gasteiger partial charge >= 0.3 is 5.97 Å². The van der Waals surface area contributed by atoms with E-state index in [9.17, 15) is 4.79 Å². The first-order valence-corrected chi connectivity index (χ1v) is 7.78. The van der Waals surface area contributed by atoms with Gasteiger partial charge in [-0.2, -0.15) is 0 Å². The number of methoxy groups -OCH3 is 1. The highest BCUT2D eigenvalue weighted by atomic mass is 79.9. The van der Waals surface area contributed by atoms with Crippen molar-refractivity contribution in [3.8, 4) is 0 Å². The molecule has 2 rings (SSSR count). The summed E-state index contributed by atoms with van der Waals surface area (Å²) in [7, 11) is 1.44. The van der Waals surface area contributed by atoms with Crippen molar-refractivity contribution in [2.45, 2.75) is 26.2 Å². The van der Waals surface area contributed by atoms with E-state index < -0.39 is 0 Å².